The summed E-state index contributed by atoms with van der Waals surface area (Å²) in [4.78, 5) is 25.5. The molecule has 0 aliphatic heterocycles. The summed E-state index contributed by atoms with van der Waals surface area (Å²) in [5.41, 5.74) is 0. The first-order valence-corrected chi connectivity index (χ1v) is 6.92. The standard InChI is InChI=1S/C12H15Cl2N3O4/c13-8-6-9(14)11(17-7-8)21-5-4-16-12(20)15-3-1-2-10(18)19/h6-7H,1-5H2,(H,18,19)(H2,15,16,20). The van der Waals surface area contributed by atoms with Crippen LogP contribution in [0.25, 0.3) is 0 Å². The van der Waals surface area contributed by atoms with Crippen LogP contribution in [0.15, 0.2) is 12.3 Å². The fourth-order valence-corrected chi connectivity index (χ4v) is 1.76. The van der Waals surface area contributed by atoms with Gasteiger partial charge in [0, 0.05) is 19.2 Å². The van der Waals surface area contributed by atoms with Crippen LogP contribution in [-0.4, -0.2) is 41.8 Å². The summed E-state index contributed by atoms with van der Waals surface area (Å²) in [6.07, 6.45) is 1.80. The number of aromatic nitrogens is 1. The monoisotopic (exact) mass is 335 g/mol. The number of nitrogens with one attached hydrogen (secondary N) is 2. The van der Waals surface area contributed by atoms with E-state index in [4.69, 9.17) is 33.0 Å². The molecule has 1 aromatic heterocycles. The molecule has 116 valence electrons. The van der Waals surface area contributed by atoms with Crippen molar-refractivity contribution in [1.29, 1.82) is 0 Å². The zero-order chi connectivity index (χ0) is 15.7. The van der Waals surface area contributed by atoms with Crippen molar-refractivity contribution in [2.75, 3.05) is 19.7 Å². The van der Waals surface area contributed by atoms with Gasteiger partial charge in [0.25, 0.3) is 0 Å². The molecule has 1 rings (SSSR count). The van der Waals surface area contributed by atoms with Crippen molar-refractivity contribution in [1.82, 2.24) is 15.6 Å². The summed E-state index contributed by atoms with van der Waals surface area (Å²) in [6, 6.07) is 1.12. The van der Waals surface area contributed by atoms with Crippen LogP contribution in [-0.2, 0) is 4.79 Å². The van der Waals surface area contributed by atoms with E-state index >= 15 is 0 Å². The maximum atomic E-state index is 11.3. The number of hydrogen-bond donors (Lipinski definition) is 3. The Bertz CT molecular complexity index is 499. The van der Waals surface area contributed by atoms with Crippen molar-refractivity contribution in [3.05, 3.63) is 22.3 Å². The van der Waals surface area contributed by atoms with Gasteiger partial charge in [0.05, 0.1) is 11.6 Å². The molecule has 0 saturated heterocycles. The Labute approximate surface area is 131 Å². The van der Waals surface area contributed by atoms with E-state index in [1.807, 2.05) is 0 Å². The lowest BCUT2D eigenvalue weighted by Crippen LogP contribution is -2.38. The van der Waals surface area contributed by atoms with Gasteiger partial charge in [0.15, 0.2) is 0 Å². The van der Waals surface area contributed by atoms with Crippen LogP contribution < -0.4 is 15.4 Å². The SMILES string of the molecule is O=C(O)CCCNC(=O)NCCOc1ncc(Cl)cc1Cl. The van der Waals surface area contributed by atoms with Crippen LogP contribution in [0.1, 0.15) is 12.8 Å². The molecule has 0 aliphatic carbocycles. The summed E-state index contributed by atoms with van der Waals surface area (Å²) >= 11 is 11.6. The van der Waals surface area contributed by atoms with E-state index in [9.17, 15) is 9.59 Å². The van der Waals surface area contributed by atoms with Crippen molar-refractivity contribution < 1.29 is 19.4 Å². The number of nitrogens with zero attached hydrogens (tertiary/aromatic N) is 1. The van der Waals surface area contributed by atoms with Crippen molar-refractivity contribution in [2.24, 2.45) is 0 Å². The van der Waals surface area contributed by atoms with Gasteiger partial charge in [-0.1, -0.05) is 23.2 Å². The van der Waals surface area contributed by atoms with Gasteiger partial charge < -0.3 is 20.5 Å². The van der Waals surface area contributed by atoms with Crippen molar-refractivity contribution in [2.45, 2.75) is 12.8 Å². The van der Waals surface area contributed by atoms with Gasteiger partial charge in [0.2, 0.25) is 5.88 Å². The molecule has 21 heavy (non-hydrogen) atoms. The first-order valence-electron chi connectivity index (χ1n) is 6.16. The Morgan fingerprint density at radius 1 is 1.29 bits per heavy atom. The summed E-state index contributed by atoms with van der Waals surface area (Å²) in [7, 11) is 0. The molecule has 0 unspecified atom stereocenters. The Balaban J connectivity index is 2.13. The zero-order valence-corrected chi connectivity index (χ0v) is 12.6. The molecule has 0 spiro atoms. The first-order chi connectivity index (χ1) is 9.99. The number of aliphatic carboxylic acids is 1. The Kier molecular flexibility index (Phi) is 7.63. The molecule has 0 atom stereocenters. The van der Waals surface area contributed by atoms with Crippen LogP contribution in [0.3, 0.4) is 0 Å². The predicted octanol–water partition coefficient (Wildman–Crippen LogP) is 1.93. The number of amides is 2. The van der Waals surface area contributed by atoms with Gasteiger partial charge in [-0.3, -0.25) is 4.79 Å². The summed E-state index contributed by atoms with van der Waals surface area (Å²) in [6.45, 7) is 0.742. The number of carboxylic acid groups (broad SMARTS) is 1. The van der Waals surface area contributed by atoms with E-state index in [0.29, 0.717) is 23.0 Å². The number of carboxylic acids is 1. The summed E-state index contributed by atoms with van der Waals surface area (Å²) < 4.78 is 5.28. The number of hydrogen-bond acceptors (Lipinski definition) is 4. The molecule has 1 aromatic rings. The second-order valence-corrected chi connectivity index (χ2v) is 4.81. The van der Waals surface area contributed by atoms with E-state index < -0.39 is 5.97 Å². The smallest absolute Gasteiger partial charge is 0.314 e. The number of carbonyl (C=O) groups is 2. The van der Waals surface area contributed by atoms with Crippen LogP contribution in [0.5, 0.6) is 5.88 Å². The highest BCUT2D eigenvalue weighted by molar-refractivity contribution is 6.35. The minimum absolute atomic E-state index is 0.0180. The molecule has 0 fully saturated rings. The maximum absolute atomic E-state index is 11.3. The average Bonchev–Trinajstić information content (AvgIpc) is 2.41. The number of urea groups is 1. The van der Waals surface area contributed by atoms with E-state index in [-0.39, 0.29) is 31.5 Å². The largest absolute Gasteiger partial charge is 0.481 e. The molecular weight excluding hydrogens is 321 g/mol. The molecule has 9 heteroatoms. The number of carbonyl (C=O) groups excluding carboxylic acids is 1. The molecule has 7 nitrogen and oxygen atoms in total. The minimum atomic E-state index is -0.891. The third-order valence-electron chi connectivity index (χ3n) is 2.25. The van der Waals surface area contributed by atoms with Crippen LogP contribution in [0, 0.1) is 0 Å². The molecule has 0 bridgehead atoms. The number of halogens is 2. The average molecular weight is 336 g/mol. The third kappa shape index (κ3) is 7.57. The molecular formula is C12H15Cl2N3O4. The van der Waals surface area contributed by atoms with Crippen LogP contribution in [0.2, 0.25) is 10.0 Å². The van der Waals surface area contributed by atoms with Crippen molar-refractivity contribution in [3.8, 4) is 5.88 Å². The molecule has 0 aliphatic rings. The van der Waals surface area contributed by atoms with Crippen LogP contribution >= 0.6 is 23.2 Å². The fourth-order valence-electron chi connectivity index (χ4n) is 1.32. The molecule has 3 N–H and O–H groups in total. The highest BCUT2D eigenvalue weighted by atomic mass is 35.5. The van der Waals surface area contributed by atoms with Gasteiger partial charge in [0.1, 0.15) is 11.6 Å². The zero-order valence-electron chi connectivity index (χ0n) is 11.1. The Morgan fingerprint density at radius 2 is 2.00 bits per heavy atom. The van der Waals surface area contributed by atoms with E-state index in [2.05, 4.69) is 15.6 Å². The first kappa shape index (κ1) is 17.3. The number of rotatable bonds is 8. The maximum Gasteiger partial charge on any atom is 0.314 e. The summed E-state index contributed by atoms with van der Waals surface area (Å²) in [5, 5.41) is 14.2. The lowest BCUT2D eigenvalue weighted by atomic mass is 10.3. The Morgan fingerprint density at radius 3 is 2.67 bits per heavy atom. The van der Waals surface area contributed by atoms with E-state index in [1.54, 1.807) is 0 Å². The lowest BCUT2D eigenvalue weighted by molar-refractivity contribution is -0.137. The number of pyridine rings is 1. The second-order valence-electron chi connectivity index (χ2n) is 3.97. The molecule has 0 radical (unpaired) electrons. The molecule has 2 amide bonds. The van der Waals surface area contributed by atoms with E-state index in [0.717, 1.165) is 0 Å². The van der Waals surface area contributed by atoms with Crippen molar-refractivity contribution in [3.63, 3.8) is 0 Å². The topological polar surface area (TPSA) is 101 Å². The van der Waals surface area contributed by atoms with Gasteiger partial charge in [-0.15, -0.1) is 0 Å². The van der Waals surface area contributed by atoms with Crippen molar-refractivity contribution >= 4 is 35.2 Å². The normalized spacial score (nSPS) is 10.0. The molecule has 0 aromatic carbocycles. The highest BCUT2D eigenvalue weighted by Crippen LogP contribution is 2.24. The van der Waals surface area contributed by atoms with E-state index in [1.165, 1.54) is 12.3 Å². The van der Waals surface area contributed by atoms with Gasteiger partial charge in [-0.2, -0.15) is 0 Å². The minimum Gasteiger partial charge on any atom is -0.481 e. The van der Waals surface area contributed by atoms with Gasteiger partial charge >= 0.3 is 12.0 Å². The summed E-state index contributed by atoms with van der Waals surface area (Å²) in [5.74, 6) is -0.650. The third-order valence-corrected chi connectivity index (χ3v) is 2.73. The van der Waals surface area contributed by atoms with Gasteiger partial charge in [-0.25, -0.2) is 9.78 Å². The Hall–Kier alpha value is -1.73. The highest BCUT2D eigenvalue weighted by Gasteiger charge is 2.05. The molecule has 0 saturated carbocycles. The lowest BCUT2D eigenvalue weighted by Gasteiger charge is -2.09. The molecule has 1 heterocycles. The van der Waals surface area contributed by atoms with Crippen LogP contribution in [0.4, 0.5) is 4.79 Å². The quantitative estimate of drug-likeness (QED) is 0.630. The fraction of sp³-hybridized carbons (Fsp3) is 0.417. The predicted molar refractivity (Wildman–Crippen MR) is 78.0 cm³/mol. The van der Waals surface area contributed by atoms with Gasteiger partial charge in [-0.05, 0) is 12.5 Å². The second kappa shape index (κ2) is 9.25. The number of ether oxygens (including phenoxy) is 1.